The summed E-state index contributed by atoms with van der Waals surface area (Å²) < 4.78 is 1.13. The van der Waals surface area contributed by atoms with Gasteiger partial charge in [-0.25, -0.2) is 0 Å². The Balaban J connectivity index is 0.00000168. The van der Waals surface area contributed by atoms with E-state index in [4.69, 9.17) is 0 Å². The molecule has 2 aliphatic carbocycles. The van der Waals surface area contributed by atoms with Crippen LogP contribution in [-0.4, -0.2) is 7.63 Å². The van der Waals surface area contributed by atoms with Crippen LogP contribution in [0.1, 0.15) is 70.2 Å². The summed E-state index contributed by atoms with van der Waals surface area (Å²) >= 11 is -3.32. The van der Waals surface area contributed by atoms with E-state index in [0.29, 0.717) is 8.45 Å². The molecule has 2 unspecified atom stereocenters. The first kappa shape index (κ1) is 29.4. The Kier molecular flexibility index (Phi) is 8.31. The van der Waals surface area contributed by atoms with Gasteiger partial charge in [0.25, 0.3) is 0 Å². The third-order valence-corrected chi connectivity index (χ3v) is 20.3. The molecule has 6 rings (SSSR count). The van der Waals surface area contributed by atoms with Crippen LogP contribution in [0.3, 0.4) is 0 Å². The van der Waals surface area contributed by atoms with Gasteiger partial charge in [-0.2, -0.15) is 0 Å². The van der Waals surface area contributed by atoms with Gasteiger partial charge in [0.2, 0.25) is 0 Å². The van der Waals surface area contributed by atoms with Gasteiger partial charge in [0.1, 0.15) is 0 Å². The van der Waals surface area contributed by atoms with Gasteiger partial charge in [0, 0.05) is 0 Å². The molecule has 0 saturated carbocycles. The zero-order chi connectivity index (χ0) is 25.1. The molecule has 0 bridgehead atoms. The molecule has 0 aliphatic heterocycles. The summed E-state index contributed by atoms with van der Waals surface area (Å²) in [6, 6.07) is 27.7. The predicted octanol–water partition coefficient (Wildman–Crippen LogP) is 10.3. The quantitative estimate of drug-likeness (QED) is 0.195. The third-order valence-electron chi connectivity index (χ3n) is 8.98. The van der Waals surface area contributed by atoms with Crippen molar-refractivity contribution in [3.05, 3.63) is 106 Å². The van der Waals surface area contributed by atoms with E-state index in [0.717, 1.165) is 0 Å². The standard InChI is InChI=1S/2C16H15.2CH3.2ClH.H2Si.Ti/c2*1-2-5-12-10-14-9-8-13-6-3-4-7-15(13)16(14)11-12;;;;;;/h2*3-4,6-11H,2,5H2,1H3;2*1H3;2*1H;1H2;. The van der Waals surface area contributed by atoms with Crippen LogP contribution in [0.15, 0.2) is 83.9 Å². The fourth-order valence-electron chi connectivity index (χ4n) is 7.80. The molecular formula is C34H40Cl2SiTi. The second kappa shape index (κ2) is 10.8. The first-order valence-corrected chi connectivity index (χ1v) is 22.8. The Bertz CT molecular complexity index is 1540. The van der Waals surface area contributed by atoms with E-state index >= 15 is 0 Å². The number of halogens is 2. The van der Waals surface area contributed by atoms with Crippen molar-refractivity contribution < 1.29 is 14.0 Å². The number of allylic oxidation sites excluding steroid dienone is 2. The third kappa shape index (κ3) is 4.49. The van der Waals surface area contributed by atoms with Crippen LogP contribution >= 0.6 is 24.8 Å². The van der Waals surface area contributed by atoms with Crippen LogP contribution in [0.25, 0.3) is 33.7 Å². The summed E-state index contributed by atoms with van der Waals surface area (Å²) in [5, 5.41) is 11.3. The van der Waals surface area contributed by atoms with Crippen molar-refractivity contribution in [2.45, 2.75) is 58.4 Å². The number of hydrogen-bond acceptors (Lipinski definition) is 0. The maximum absolute atomic E-state index is 3.32. The van der Waals surface area contributed by atoms with Crippen molar-refractivity contribution in [1.82, 2.24) is 0 Å². The van der Waals surface area contributed by atoms with E-state index in [1.165, 1.54) is 58.4 Å². The second-order valence-corrected chi connectivity index (χ2v) is 32.5. The van der Waals surface area contributed by atoms with E-state index in [1.54, 1.807) is 22.3 Å². The minimum atomic E-state index is -3.32. The van der Waals surface area contributed by atoms with Crippen LogP contribution in [0.2, 0.25) is 10.5 Å². The minimum Gasteiger partial charge on any atom is -0.147 e. The van der Waals surface area contributed by atoms with Crippen LogP contribution in [0, 0.1) is 0 Å². The molecule has 198 valence electrons. The Labute approximate surface area is 243 Å². The summed E-state index contributed by atoms with van der Waals surface area (Å²) in [5.41, 5.74) is 9.63. The summed E-state index contributed by atoms with van der Waals surface area (Å²) in [4.78, 5) is 0. The van der Waals surface area contributed by atoms with Gasteiger partial charge in [-0.05, 0) is 0 Å². The zero-order valence-electron chi connectivity index (χ0n) is 23.1. The maximum Gasteiger partial charge on any atom is -0.147 e. The summed E-state index contributed by atoms with van der Waals surface area (Å²) in [7, 11) is 2.47. The molecule has 0 amide bonds. The first-order chi connectivity index (χ1) is 17.3. The number of rotatable bonds is 6. The Morgan fingerprint density at radius 3 is 1.39 bits per heavy atom. The van der Waals surface area contributed by atoms with Gasteiger partial charge in [-0.1, -0.05) is 0 Å². The van der Waals surface area contributed by atoms with Gasteiger partial charge in [0.05, 0.1) is 0 Å². The van der Waals surface area contributed by atoms with E-state index in [9.17, 15) is 0 Å². The minimum absolute atomic E-state index is 0. The largest absolute Gasteiger partial charge is 0.147 e. The van der Waals surface area contributed by atoms with Crippen molar-refractivity contribution in [2.24, 2.45) is 0 Å². The number of fused-ring (bicyclic) bond motifs is 6. The molecule has 2 atom stereocenters. The molecule has 0 saturated heterocycles. The van der Waals surface area contributed by atoms with Crippen LogP contribution in [-0.2, 0) is 14.0 Å². The normalized spacial score (nSPS) is 18.3. The van der Waals surface area contributed by atoms with E-state index in [1.807, 2.05) is 0 Å². The van der Waals surface area contributed by atoms with E-state index < -0.39 is 14.0 Å². The van der Waals surface area contributed by atoms with Crippen LogP contribution < -0.4 is 0 Å². The van der Waals surface area contributed by atoms with Gasteiger partial charge >= 0.3 is 220 Å². The summed E-state index contributed by atoms with van der Waals surface area (Å²) in [6.07, 6.45) is 10.00. The molecule has 38 heavy (non-hydrogen) atoms. The smallest absolute Gasteiger partial charge is 0.147 e. The molecule has 0 spiro atoms. The van der Waals surface area contributed by atoms with Gasteiger partial charge < -0.3 is 0 Å². The Morgan fingerprint density at radius 2 is 1.00 bits per heavy atom. The first-order valence-electron chi connectivity index (χ1n) is 13.8. The molecule has 0 heterocycles. The molecular weight excluding hydrogens is 555 g/mol. The number of benzene rings is 4. The van der Waals surface area contributed by atoms with E-state index in [2.05, 4.69) is 117 Å². The molecule has 4 heteroatoms. The van der Waals surface area contributed by atoms with Gasteiger partial charge in [0.15, 0.2) is 0 Å². The fraction of sp³-hybridized carbons (Fsp3) is 0.294. The topological polar surface area (TPSA) is 0 Å². The fourth-order valence-corrected chi connectivity index (χ4v) is 20.6. The molecule has 0 aromatic heterocycles. The van der Waals surface area contributed by atoms with Crippen molar-refractivity contribution in [3.63, 3.8) is 0 Å². The number of hydrogen-bond donors (Lipinski definition) is 0. The molecule has 0 fully saturated rings. The summed E-state index contributed by atoms with van der Waals surface area (Å²) in [5.74, 6) is 0. The van der Waals surface area contributed by atoms with Crippen molar-refractivity contribution in [2.75, 3.05) is 0 Å². The summed E-state index contributed by atoms with van der Waals surface area (Å²) in [6.45, 7) is 4.70. The molecule has 2 aliphatic rings. The molecule has 0 radical (unpaired) electrons. The Hall–Kier alpha value is -1.61. The van der Waals surface area contributed by atoms with Crippen LogP contribution in [0.5, 0.6) is 0 Å². The monoisotopic (exact) mass is 594 g/mol. The second-order valence-electron chi connectivity index (χ2n) is 12.3. The van der Waals surface area contributed by atoms with Crippen molar-refractivity contribution >= 4 is 66.1 Å². The zero-order valence-corrected chi connectivity index (χ0v) is 27.7. The predicted molar refractivity (Wildman–Crippen MR) is 174 cm³/mol. The SMILES string of the molecule is CCCC1=Cc2ccc3ccccc3c2[CH]1[Ti]([CH3])([CH3])(=[SiH2])[CH]1C(CCC)=Cc2ccc3ccccc3c21.Cl.Cl. The maximum atomic E-state index is 2.78. The molecule has 0 N–H and O–H groups in total. The molecule has 0 nitrogen and oxygen atoms in total. The Morgan fingerprint density at radius 1 is 0.605 bits per heavy atom. The van der Waals surface area contributed by atoms with Gasteiger partial charge in [-0.3, -0.25) is 0 Å². The van der Waals surface area contributed by atoms with Crippen molar-refractivity contribution in [1.29, 1.82) is 0 Å². The average molecular weight is 596 g/mol. The average Bonchev–Trinajstić information content (AvgIpc) is 3.44. The molecule has 4 aromatic rings. The van der Waals surface area contributed by atoms with Gasteiger partial charge in [-0.15, -0.1) is 24.8 Å². The molecule has 4 aromatic carbocycles. The van der Waals surface area contributed by atoms with Crippen LogP contribution in [0.4, 0.5) is 0 Å². The van der Waals surface area contributed by atoms with E-state index in [-0.39, 0.29) is 24.8 Å². The van der Waals surface area contributed by atoms with Crippen molar-refractivity contribution in [3.8, 4) is 0 Å².